The van der Waals surface area contributed by atoms with E-state index in [0.29, 0.717) is 12.6 Å². The Morgan fingerprint density at radius 3 is 3.00 bits per heavy atom. The van der Waals surface area contributed by atoms with Gasteiger partial charge in [-0.2, -0.15) is 0 Å². The lowest BCUT2D eigenvalue weighted by atomic mass is 10.1. The van der Waals surface area contributed by atoms with Crippen molar-refractivity contribution < 1.29 is 9.90 Å². The smallest absolute Gasteiger partial charge is 0.404 e. The fourth-order valence-electron chi connectivity index (χ4n) is 1.31. The van der Waals surface area contributed by atoms with E-state index < -0.39 is 6.09 Å². The van der Waals surface area contributed by atoms with Crippen molar-refractivity contribution in [3.63, 3.8) is 0 Å². The third-order valence-corrected chi connectivity index (χ3v) is 1.91. The van der Waals surface area contributed by atoms with E-state index >= 15 is 0 Å². The maximum Gasteiger partial charge on any atom is 0.404 e. The summed E-state index contributed by atoms with van der Waals surface area (Å²) in [6.07, 6.45) is 2.57. The van der Waals surface area contributed by atoms with Crippen molar-refractivity contribution in [2.45, 2.75) is 25.3 Å². The molecule has 0 spiro atoms. The zero-order valence-electron chi connectivity index (χ0n) is 6.47. The Kier molecular flexibility index (Phi) is 3.16. The van der Waals surface area contributed by atoms with Crippen LogP contribution in [-0.4, -0.2) is 30.3 Å². The van der Waals surface area contributed by atoms with Gasteiger partial charge in [0.25, 0.3) is 0 Å². The van der Waals surface area contributed by atoms with E-state index in [2.05, 4.69) is 10.6 Å². The summed E-state index contributed by atoms with van der Waals surface area (Å²) in [6, 6.07) is 0.347. The molecule has 4 nitrogen and oxygen atoms in total. The zero-order chi connectivity index (χ0) is 8.10. The Bertz CT molecular complexity index is 132. The van der Waals surface area contributed by atoms with E-state index in [0.717, 1.165) is 13.0 Å². The molecule has 1 unspecified atom stereocenters. The highest BCUT2D eigenvalue weighted by atomic mass is 16.4. The van der Waals surface area contributed by atoms with Crippen LogP contribution in [0.1, 0.15) is 19.3 Å². The lowest BCUT2D eigenvalue weighted by Crippen LogP contribution is -2.43. The normalized spacial score (nSPS) is 24.5. The van der Waals surface area contributed by atoms with Gasteiger partial charge in [0, 0.05) is 12.6 Å². The average Bonchev–Trinajstić information content (AvgIpc) is 2.03. The predicted octanol–water partition coefficient (Wildman–Crippen LogP) is 0.396. The molecule has 1 heterocycles. The van der Waals surface area contributed by atoms with Crippen molar-refractivity contribution in [3.8, 4) is 0 Å². The first-order valence-corrected chi connectivity index (χ1v) is 3.99. The average molecular weight is 158 g/mol. The number of rotatable bonds is 2. The zero-order valence-corrected chi connectivity index (χ0v) is 6.47. The van der Waals surface area contributed by atoms with Gasteiger partial charge in [-0.25, -0.2) is 4.79 Å². The second-order valence-corrected chi connectivity index (χ2v) is 2.83. The second-order valence-electron chi connectivity index (χ2n) is 2.83. The van der Waals surface area contributed by atoms with Crippen molar-refractivity contribution in [2.24, 2.45) is 0 Å². The van der Waals surface area contributed by atoms with Gasteiger partial charge < -0.3 is 15.7 Å². The lowest BCUT2D eigenvalue weighted by molar-refractivity contribution is 0.192. The minimum Gasteiger partial charge on any atom is -0.465 e. The van der Waals surface area contributed by atoms with Crippen LogP contribution < -0.4 is 10.6 Å². The van der Waals surface area contributed by atoms with Crippen molar-refractivity contribution in [2.75, 3.05) is 13.1 Å². The topological polar surface area (TPSA) is 61.4 Å². The molecule has 1 amide bonds. The fraction of sp³-hybridized carbons (Fsp3) is 0.857. The monoisotopic (exact) mass is 158 g/mol. The van der Waals surface area contributed by atoms with Gasteiger partial charge >= 0.3 is 6.09 Å². The van der Waals surface area contributed by atoms with E-state index in [9.17, 15) is 4.79 Å². The molecule has 1 rings (SSSR count). The molecule has 1 fully saturated rings. The molecule has 0 saturated carbocycles. The molecule has 0 aromatic carbocycles. The van der Waals surface area contributed by atoms with Crippen LogP contribution in [0.4, 0.5) is 4.79 Å². The maximum atomic E-state index is 10.1. The van der Waals surface area contributed by atoms with Gasteiger partial charge in [-0.3, -0.25) is 0 Å². The molecule has 0 bridgehead atoms. The van der Waals surface area contributed by atoms with Crippen molar-refractivity contribution >= 4 is 6.09 Å². The molecular weight excluding hydrogens is 144 g/mol. The molecule has 1 aliphatic heterocycles. The first kappa shape index (κ1) is 8.33. The molecular formula is C7H14N2O2. The molecule has 0 aromatic heterocycles. The largest absolute Gasteiger partial charge is 0.465 e. The molecule has 3 N–H and O–H groups in total. The predicted molar refractivity (Wildman–Crippen MR) is 41.7 cm³/mol. The molecule has 11 heavy (non-hydrogen) atoms. The molecule has 0 aliphatic carbocycles. The van der Waals surface area contributed by atoms with Crippen molar-refractivity contribution in [1.82, 2.24) is 10.6 Å². The minimum absolute atomic E-state index is 0.347. The summed E-state index contributed by atoms with van der Waals surface area (Å²) in [6.45, 7) is 1.56. The Labute approximate surface area is 66.0 Å². The van der Waals surface area contributed by atoms with Crippen LogP contribution in [-0.2, 0) is 0 Å². The van der Waals surface area contributed by atoms with Crippen LogP contribution in [0.5, 0.6) is 0 Å². The van der Waals surface area contributed by atoms with Gasteiger partial charge in [0.2, 0.25) is 0 Å². The molecule has 0 radical (unpaired) electrons. The van der Waals surface area contributed by atoms with E-state index in [1.54, 1.807) is 0 Å². The maximum absolute atomic E-state index is 10.1. The van der Waals surface area contributed by atoms with Gasteiger partial charge in [-0.15, -0.1) is 0 Å². The van der Waals surface area contributed by atoms with Crippen LogP contribution in [0, 0.1) is 0 Å². The van der Waals surface area contributed by atoms with Crippen LogP contribution in [0.2, 0.25) is 0 Å². The van der Waals surface area contributed by atoms with E-state index in [-0.39, 0.29) is 0 Å². The number of amides is 1. The van der Waals surface area contributed by atoms with Crippen LogP contribution >= 0.6 is 0 Å². The minimum atomic E-state index is -0.933. The van der Waals surface area contributed by atoms with Gasteiger partial charge in [-0.1, -0.05) is 6.42 Å². The first-order valence-electron chi connectivity index (χ1n) is 3.99. The first-order chi connectivity index (χ1) is 5.29. The van der Waals surface area contributed by atoms with Crippen LogP contribution in [0.15, 0.2) is 0 Å². The summed E-state index contributed by atoms with van der Waals surface area (Å²) in [5.74, 6) is 0. The number of piperidine rings is 1. The Morgan fingerprint density at radius 2 is 2.45 bits per heavy atom. The quantitative estimate of drug-likeness (QED) is 0.545. The SMILES string of the molecule is O=C(O)NCC1CCCCN1. The van der Waals surface area contributed by atoms with Crippen molar-refractivity contribution in [1.29, 1.82) is 0 Å². The molecule has 1 saturated heterocycles. The van der Waals surface area contributed by atoms with E-state index in [1.807, 2.05) is 0 Å². The summed E-state index contributed by atoms with van der Waals surface area (Å²) in [5.41, 5.74) is 0. The van der Waals surface area contributed by atoms with Gasteiger partial charge in [0.15, 0.2) is 0 Å². The van der Waals surface area contributed by atoms with Crippen LogP contribution in [0.25, 0.3) is 0 Å². The Hall–Kier alpha value is -0.770. The number of hydrogen-bond acceptors (Lipinski definition) is 2. The summed E-state index contributed by atoms with van der Waals surface area (Å²) >= 11 is 0. The number of hydrogen-bond donors (Lipinski definition) is 3. The van der Waals surface area contributed by atoms with Gasteiger partial charge in [0.05, 0.1) is 0 Å². The Morgan fingerprint density at radius 1 is 1.64 bits per heavy atom. The van der Waals surface area contributed by atoms with E-state index in [4.69, 9.17) is 5.11 Å². The lowest BCUT2D eigenvalue weighted by Gasteiger charge is -2.22. The molecule has 0 aromatic rings. The molecule has 64 valence electrons. The number of nitrogens with one attached hydrogen (secondary N) is 2. The highest BCUT2D eigenvalue weighted by molar-refractivity contribution is 5.64. The highest BCUT2D eigenvalue weighted by Gasteiger charge is 2.12. The van der Waals surface area contributed by atoms with E-state index in [1.165, 1.54) is 12.8 Å². The summed E-state index contributed by atoms with van der Waals surface area (Å²) in [7, 11) is 0. The van der Waals surface area contributed by atoms with Gasteiger partial charge in [0.1, 0.15) is 0 Å². The summed E-state index contributed by atoms with van der Waals surface area (Å²) in [4.78, 5) is 10.1. The third-order valence-electron chi connectivity index (χ3n) is 1.91. The van der Waals surface area contributed by atoms with Gasteiger partial charge in [-0.05, 0) is 19.4 Å². The highest BCUT2D eigenvalue weighted by Crippen LogP contribution is 2.05. The summed E-state index contributed by atoms with van der Waals surface area (Å²) < 4.78 is 0. The standard InChI is InChI=1S/C7H14N2O2/c10-7(11)9-5-6-3-1-2-4-8-6/h6,8-9H,1-5H2,(H,10,11). The Balaban J connectivity index is 2.09. The van der Waals surface area contributed by atoms with Crippen molar-refractivity contribution in [3.05, 3.63) is 0 Å². The number of carbonyl (C=O) groups is 1. The second kappa shape index (κ2) is 4.18. The molecule has 1 atom stereocenters. The molecule has 4 heteroatoms. The molecule has 1 aliphatic rings. The summed E-state index contributed by atoms with van der Waals surface area (Å²) in [5, 5.41) is 13.9. The fourth-order valence-corrected chi connectivity index (χ4v) is 1.31. The third kappa shape index (κ3) is 3.23. The number of carboxylic acid groups (broad SMARTS) is 1. The van der Waals surface area contributed by atoms with Crippen LogP contribution in [0.3, 0.4) is 0 Å².